The van der Waals surface area contributed by atoms with Gasteiger partial charge in [-0.1, -0.05) is 81.2 Å². The summed E-state index contributed by atoms with van der Waals surface area (Å²) in [6.45, 7) is 10.9. The Kier molecular flexibility index (Phi) is 8.61. The number of carboxylic acid groups (broad SMARTS) is 1. The maximum absolute atomic E-state index is 13.2. The third-order valence-electron chi connectivity index (χ3n) is 7.22. The highest BCUT2D eigenvalue weighted by Crippen LogP contribution is 2.35. The van der Waals surface area contributed by atoms with Gasteiger partial charge in [-0.2, -0.15) is 8.42 Å². The van der Waals surface area contributed by atoms with Crippen LogP contribution >= 0.6 is 11.3 Å². The van der Waals surface area contributed by atoms with Crippen LogP contribution in [0, 0.1) is 6.92 Å². The molecular formula is C32H34N4O5S2Si. The number of nitrogens with one attached hydrogen (secondary N) is 1. The Morgan fingerprint density at radius 2 is 1.68 bits per heavy atom. The first-order chi connectivity index (χ1) is 20.8. The monoisotopic (exact) mass is 646 g/mol. The van der Waals surface area contributed by atoms with Gasteiger partial charge in [-0.15, -0.1) is 11.3 Å². The molecule has 5 aromatic rings. The molecule has 3 heterocycles. The van der Waals surface area contributed by atoms with Crippen LogP contribution in [0.25, 0.3) is 22.3 Å². The molecule has 5 rings (SSSR count). The molecule has 0 unspecified atom stereocenters. The minimum atomic E-state index is -4.34. The number of thiophene rings is 1. The number of pyridine rings is 1. The molecule has 0 saturated carbocycles. The fraction of sp³-hybridized carbons (Fsp3) is 0.250. The van der Waals surface area contributed by atoms with Crippen molar-refractivity contribution in [1.82, 2.24) is 14.5 Å². The number of imidazole rings is 1. The van der Waals surface area contributed by atoms with E-state index in [0.29, 0.717) is 28.3 Å². The number of carbonyl (C=O) groups excluding carboxylic acids is 1. The lowest BCUT2D eigenvalue weighted by atomic mass is 10.1. The molecule has 228 valence electrons. The number of carbonyl (C=O) groups is 2. The molecule has 9 nitrogen and oxygen atoms in total. The first-order valence-electron chi connectivity index (χ1n) is 14.2. The standard InChI is InChI=1S/C32H34N4O5S2Si/c1-6-10-26-34-28-20(2)17-25(31(37)38)33-29(28)36(26)19-21-13-15-22(16-14-21)24-18-27(44(3,4)5)42-30(24)35-43(40,41)32(39)23-11-8-7-9-12-23/h7-9,11-18,35H,6,10,19H2,1-5H3,(H,37,38). The second-order valence-corrected chi connectivity index (χ2v) is 19.8. The predicted molar refractivity (Wildman–Crippen MR) is 178 cm³/mol. The number of carboxylic acids is 1. The molecule has 2 N–H and O–H groups in total. The Labute approximate surface area is 261 Å². The van der Waals surface area contributed by atoms with Gasteiger partial charge in [0.2, 0.25) is 0 Å². The van der Waals surface area contributed by atoms with E-state index < -0.39 is 29.2 Å². The molecule has 0 aliphatic heterocycles. The molecule has 0 saturated heterocycles. The van der Waals surface area contributed by atoms with Gasteiger partial charge in [-0.25, -0.2) is 14.8 Å². The normalized spacial score (nSPS) is 12.0. The summed E-state index contributed by atoms with van der Waals surface area (Å²) in [5, 5.41) is 9.01. The number of fused-ring (bicyclic) bond motifs is 1. The molecule has 0 radical (unpaired) electrons. The van der Waals surface area contributed by atoms with Gasteiger partial charge in [-0.3, -0.25) is 9.52 Å². The van der Waals surface area contributed by atoms with Gasteiger partial charge in [-0.05, 0) is 46.7 Å². The molecule has 0 aliphatic rings. The molecular weight excluding hydrogens is 613 g/mol. The van der Waals surface area contributed by atoms with Crippen molar-refractivity contribution in [3.8, 4) is 11.1 Å². The van der Waals surface area contributed by atoms with E-state index in [1.54, 1.807) is 24.3 Å². The van der Waals surface area contributed by atoms with Gasteiger partial charge in [0.25, 0.3) is 5.12 Å². The highest BCUT2D eigenvalue weighted by Gasteiger charge is 2.28. The zero-order valence-electron chi connectivity index (χ0n) is 25.2. The van der Waals surface area contributed by atoms with E-state index in [0.717, 1.165) is 39.9 Å². The summed E-state index contributed by atoms with van der Waals surface area (Å²) in [7, 11) is -6.15. The number of rotatable bonds is 10. The quantitative estimate of drug-likeness (QED) is 0.170. The minimum Gasteiger partial charge on any atom is -0.477 e. The van der Waals surface area contributed by atoms with Crippen molar-refractivity contribution in [3.05, 3.63) is 94.9 Å². The summed E-state index contributed by atoms with van der Waals surface area (Å²) in [5.41, 5.74) is 4.54. The van der Waals surface area contributed by atoms with E-state index in [-0.39, 0.29) is 11.3 Å². The van der Waals surface area contributed by atoms with Crippen LogP contribution in [-0.4, -0.2) is 47.2 Å². The second kappa shape index (κ2) is 12.1. The van der Waals surface area contributed by atoms with Crippen molar-refractivity contribution in [2.75, 3.05) is 4.72 Å². The van der Waals surface area contributed by atoms with Gasteiger partial charge >= 0.3 is 16.0 Å². The number of hydrogen-bond donors (Lipinski definition) is 2. The number of anilines is 1. The van der Waals surface area contributed by atoms with Crippen LogP contribution in [0.4, 0.5) is 5.00 Å². The van der Waals surface area contributed by atoms with Gasteiger partial charge in [0.05, 0.1) is 14.6 Å². The van der Waals surface area contributed by atoms with Crippen molar-refractivity contribution in [3.63, 3.8) is 0 Å². The lowest BCUT2D eigenvalue weighted by Gasteiger charge is -2.12. The molecule has 0 aliphatic carbocycles. The topological polar surface area (TPSA) is 131 Å². The van der Waals surface area contributed by atoms with Crippen LogP contribution in [-0.2, 0) is 23.0 Å². The van der Waals surface area contributed by atoms with E-state index in [1.807, 2.05) is 41.8 Å². The molecule has 3 aromatic heterocycles. The maximum Gasteiger partial charge on any atom is 0.354 e. The molecule has 0 atom stereocenters. The summed E-state index contributed by atoms with van der Waals surface area (Å²) in [4.78, 5) is 33.8. The highest BCUT2D eigenvalue weighted by atomic mass is 32.2. The van der Waals surface area contributed by atoms with Crippen LogP contribution in [0.2, 0.25) is 19.6 Å². The number of sulfonamides is 1. The van der Waals surface area contributed by atoms with Gasteiger partial charge in [0.1, 0.15) is 16.3 Å². The minimum absolute atomic E-state index is 0.0223. The average molecular weight is 647 g/mol. The zero-order chi connectivity index (χ0) is 31.8. The van der Waals surface area contributed by atoms with Crippen LogP contribution < -0.4 is 9.22 Å². The van der Waals surface area contributed by atoms with Crippen LogP contribution in [0.5, 0.6) is 0 Å². The number of aryl methyl sites for hydroxylation is 2. The summed E-state index contributed by atoms with van der Waals surface area (Å²) in [6, 6.07) is 19.3. The number of aromatic nitrogens is 3. The van der Waals surface area contributed by atoms with Crippen molar-refractivity contribution in [1.29, 1.82) is 0 Å². The van der Waals surface area contributed by atoms with E-state index in [2.05, 4.69) is 36.3 Å². The SMILES string of the molecule is CCCc1nc2c(C)cc(C(=O)O)nc2n1Cc1ccc(-c2cc([Si](C)(C)C)sc2NS(=O)(=O)C(=O)c2ccccc2)cc1. The van der Waals surface area contributed by atoms with Gasteiger partial charge in [0, 0.05) is 17.5 Å². The fourth-order valence-electron chi connectivity index (χ4n) is 4.90. The van der Waals surface area contributed by atoms with Crippen LogP contribution in [0.1, 0.15) is 51.1 Å². The smallest absolute Gasteiger partial charge is 0.354 e. The van der Waals surface area contributed by atoms with E-state index in [4.69, 9.17) is 4.98 Å². The molecule has 0 amide bonds. The number of hydrogen-bond acceptors (Lipinski definition) is 7. The largest absolute Gasteiger partial charge is 0.477 e. The number of nitrogens with zero attached hydrogens (tertiary/aromatic N) is 3. The molecule has 12 heteroatoms. The third-order valence-corrected chi connectivity index (χ3v) is 13.2. The first kappa shape index (κ1) is 31.3. The van der Waals surface area contributed by atoms with Gasteiger partial charge < -0.3 is 9.67 Å². The Morgan fingerprint density at radius 1 is 1.00 bits per heavy atom. The predicted octanol–water partition coefficient (Wildman–Crippen LogP) is 6.29. The Morgan fingerprint density at radius 3 is 2.30 bits per heavy atom. The maximum atomic E-state index is 13.2. The number of benzene rings is 2. The fourth-order valence-corrected chi connectivity index (χ4v) is 9.08. The molecule has 0 bridgehead atoms. The summed E-state index contributed by atoms with van der Waals surface area (Å²) >= 11 is 1.37. The lowest BCUT2D eigenvalue weighted by Crippen LogP contribution is -2.34. The number of aromatic carboxylic acids is 1. The van der Waals surface area contributed by atoms with Crippen LogP contribution in [0.3, 0.4) is 0 Å². The van der Waals surface area contributed by atoms with Gasteiger partial charge in [0.15, 0.2) is 11.3 Å². The molecule has 44 heavy (non-hydrogen) atoms. The zero-order valence-corrected chi connectivity index (χ0v) is 27.8. The van der Waals surface area contributed by atoms with Crippen molar-refractivity contribution >= 4 is 61.2 Å². The van der Waals surface area contributed by atoms with Crippen LogP contribution in [0.15, 0.2) is 66.7 Å². The average Bonchev–Trinajstić information content (AvgIpc) is 3.55. The third kappa shape index (κ3) is 6.37. The lowest BCUT2D eigenvalue weighted by molar-refractivity contribution is 0.0690. The molecule has 2 aromatic carbocycles. The van der Waals surface area contributed by atoms with E-state index >= 15 is 0 Å². The Hall–Kier alpha value is -4.13. The summed E-state index contributed by atoms with van der Waals surface area (Å²) in [5.74, 6) is -0.253. The Balaban J connectivity index is 1.50. The highest BCUT2D eigenvalue weighted by molar-refractivity contribution is 8.07. The van der Waals surface area contributed by atoms with Crippen molar-refractivity contribution in [2.24, 2.45) is 0 Å². The molecule has 0 fully saturated rings. The Bertz CT molecular complexity index is 1980. The summed E-state index contributed by atoms with van der Waals surface area (Å²) < 4.78 is 32.0. The van der Waals surface area contributed by atoms with E-state index in [1.165, 1.54) is 23.5 Å². The van der Waals surface area contributed by atoms with Crippen molar-refractivity contribution < 1.29 is 23.1 Å². The van der Waals surface area contributed by atoms with E-state index in [9.17, 15) is 23.1 Å². The first-order valence-corrected chi connectivity index (χ1v) is 20.0. The summed E-state index contributed by atoms with van der Waals surface area (Å²) in [6.07, 6.45) is 1.59. The molecule has 0 spiro atoms. The second-order valence-electron chi connectivity index (χ2n) is 11.7. The van der Waals surface area contributed by atoms with Crippen molar-refractivity contribution in [2.45, 2.75) is 52.9 Å².